The predicted octanol–water partition coefficient (Wildman–Crippen LogP) is 2.60. The Labute approximate surface area is 120 Å². The van der Waals surface area contributed by atoms with Crippen LogP contribution in [-0.2, 0) is 11.3 Å². The van der Waals surface area contributed by atoms with Crippen molar-refractivity contribution in [2.24, 2.45) is 0 Å². The summed E-state index contributed by atoms with van der Waals surface area (Å²) in [5, 5.41) is 9.40. The second kappa shape index (κ2) is 5.45. The summed E-state index contributed by atoms with van der Waals surface area (Å²) in [6, 6.07) is 3.26. The third kappa shape index (κ3) is 2.62. The second-order valence-electron chi connectivity index (χ2n) is 2.90. The molecule has 2 rings (SSSR count). The third-order valence-corrected chi connectivity index (χ3v) is 5.17. The fourth-order valence-electron chi connectivity index (χ4n) is 1.19. The molecule has 2 aromatic rings. The standard InChI is InChI=1S/C8H5BrN2O4S3/c9-4-1-2-5(17-4)11(18(14)15)7-6(8(12)13)10-3-16-7/h1-3H,(H,12,13)(H,14,15)/p-1. The third-order valence-electron chi connectivity index (χ3n) is 1.84. The predicted molar refractivity (Wildman–Crippen MR) is 72.2 cm³/mol. The van der Waals surface area contributed by atoms with Gasteiger partial charge in [-0.15, -0.1) is 22.7 Å². The number of nitrogens with zero attached hydrogens (tertiary/aromatic N) is 2. The molecule has 6 nitrogen and oxygen atoms in total. The SMILES string of the molecule is O=C(O)c1ncsc1N(c1ccc(Br)s1)S(=O)[O-]. The average Bonchev–Trinajstić information content (AvgIpc) is 2.88. The van der Waals surface area contributed by atoms with Crippen LogP contribution in [0.15, 0.2) is 21.4 Å². The summed E-state index contributed by atoms with van der Waals surface area (Å²) in [4.78, 5) is 14.6. The number of carbonyl (C=O) groups is 1. The normalized spacial score (nSPS) is 12.3. The molecular weight excluding hydrogens is 364 g/mol. The summed E-state index contributed by atoms with van der Waals surface area (Å²) in [6.07, 6.45) is 0. The first-order valence-electron chi connectivity index (χ1n) is 4.32. The lowest BCUT2D eigenvalue weighted by molar-refractivity contribution is 0.0692. The average molecular weight is 368 g/mol. The maximum atomic E-state index is 11.3. The monoisotopic (exact) mass is 367 g/mol. The number of thiophene rings is 1. The molecule has 0 bridgehead atoms. The van der Waals surface area contributed by atoms with Crippen molar-refractivity contribution in [1.82, 2.24) is 4.98 Å². The van der Waals surface area contributed by atoms with Crippen LogP contribution in [0.2, 0.25) is 0 Å². The second-order valence-corrected chi connectivity index (χ2v) is 6.97. The summed E-state index contributed by atoms with van der Waals surface area (Å²) in [5.74, 6) is -1.27. The highest BCUT2D eigenvalue weighted by atomic mass is 79.9. The van der Waals surface area contributed by atoms with Crippen molar-refractivity contribution in [3.05, 3.63) is 27.1 Å². The van der Waals surface area contributed by atoms with Crippen LogP contribution in [0.1, 0.15) is 10.5 Å². The molecule has 1 N–H and O–H groups in total. The molecule has 0 amide bonds. The van der Waals surface area contributed by atoms with Gasteiger partial charge in [0.15, 0.2) is 5.69 Å². The molecule has 0 aliphatic rings. The van der Waals surface area contributed by atoms with Gasteiger partial charge in [0.25, 0.3) is 0 Å². The Hall–Kier alpha value is -0.810. The van der Waals surface area contributed by atoms with Crippen molar-refractivity contribution >= 4 is 65.8 Å². The van der Waals surface area contributed by atoms with Gasteiger partial charge in [-0.2, -0.15) is 0 Å². The van der Waals surface area contributed by atoms with E-state index in [9.17, 15) is 13.6 Å². The Balaban J connectivity index is 2.52. The van der Waals surface area contributed by atoms with E-state index < -0.39 is 17.2 Å². The molecule has 0 aliphatic heterocycles. The number of anilines is 2. The first kappa shape index (κ1) is 13.6. The minimum Gasteiger partial charge on any atom is -0.755 e. The Morgan fingerprint density at radius 3 is 2.78 bits per heavy atom. The highest BCUT2D eigenvalue weighted by Gasteiger charge is 2.22. The van der Waals surface area contributed by atoms with E-state index in [0.29, 0.717) is 5.00 Å². The molecule has 0 saturated heterocycles. The Morgan fingerprint density at radius 1 is 1.56 bits per heavy atom. The van der Waals surface area contributed by atoms with Crippen LogP contribution < -0.4 is 4.31 Å². The Kier molecular flexibility index (Phi) is 4.12. The molecule has 0 aliphatic carbocycles. The van der Waals surface area contributed by atoms with Gasteiger partial charge in [0.1, 0.15) is 10.0 Å². The zero-order chi connectivity index (χ0) is 13.3. The van der Waals surface area contributed by atoms with E-state index >= 15 is 0 Å². The van der Waals surface area contributed by atoms with Crippen LogP contribution in [0.25, 0.3) is 0 Å². The van der Waals surface area contributed by atoms with Gasteiger partial charge in [-0.25, -0.2) is 14.1 Å². The smallest absolute Gasteiger partial charge is 0.357 e. The molecule has 2 heterocycles. The van der Waals surface area contributed by atoms with Gasteiger partial charge in [0.05, 0.1) is 20.6 Å². The van der Waals surface area contributed by atoms with Crippen LogP contribution in [0, 0.1) is 0 Å². The fourth-order valence-corrected chi connectivity index (χ4v) is 4.26. The number of aromatic carboxylic acids is 1. The highest BCUT2D eigenvalue weighted by molar-refractivity contribution is 9.11. The number of hydrogen-bond donors (Lipinski definition) is 1. The molecule has 0 saturated carbocycles. The van der Waals surface area contributed by atoms with E-state index in [1.54, 1.807) is 12.1 Å². The van der Waals surface area contributed by atoms with E-state index in [-0.39, 0.29) is 10.7 Å². The van der Waals surface area contributed by atoms with E-state index in [0.717, 1.165) is 19.4 Å². The number of halogens is 1. The molecule has 0 fully saturated rings. The summed E-state index contributed by atoms with van der Waals surface area (Å²) in [5.41, 5.74) is 1.01. The van der Waals surface area contributed by atoms with Gasteiger partial charge in [0.2, 0.25) is 0 Å². The van der Waals surface area contributed by atoms with E-state index in [1.807, 2.05) is 0 Å². The molecule has 0 spiro atoms. The van der Waals surface area contributed by atoms with E-state index in [2.05, 4.69) is 20.9 Å². The largest absolute Gasteiger partial charge is 0.755 e. The van der Waals surface area contributed by atoms with Gasteiger partial charge in [-0.1, -0.05) is 0 Å². The topological polar surface area (TPSA) is 93.6 Å². The summed E-state index contributed by atoms with van der Waals surface area (Å²) < 4.78 is 24.2. The van der Waals surface area contributed by atoms with Crippen LogP contribution in [0.5, 0.6) is 0 Å². The Bertz CT molecular complexity index is 611. The van der Waals surface area contributed by atoms with Crippen LogP contribution in [0.3, 0.4) is 0 Å². The van der Waals surface area contributed by atoms with Crippen molar-refractivity contribution in [3.63, 3.8) is 0 Å². The zero-order valence-corrected chi connectivity index (χ0v) is 12.4. The molecular formula is C8H4BrN2O4S3-. The summed E-state index contributed by atoms with van der Waals surface area (Å²) in [6.45, 7) is 0. The van der Waals surface area contributed by atoms with Gasteiger partial charge in [-0.05, 0) is 28.1 Å². The van der Waals surface area contributed by atoms with Gasteiger partial charge < -0.3 is 9.66 Å². The van der Waals surface area contributed by atoms with Gasteiger partial charge in [0, 0.05) is 0 Å². The van der Waals surface area contributed by atoms with E-state index in [1.165, 1.54) is 16.8 Å². The molecule has 1 atom stereocenters. The van der Waals surface area contributed by atoms with Crippen molar-refractivity contribution in [2.45, 2.75) is 0 Å². The molecule has 0 aromatic carbocycles. The van der Waals surface area contributed by atoms with Crippen LogP contribution in [0.4, 0.5) is 10.0 Å². The van der Waals surface area contributed by atoms with Crippen molar-refractivity contribution < 1.29 is 18.7 Å². The van der Waals surface area contributed by atoms with E-state index in [4.69, 9.17) is 5.11 Å². The lowest BCUT2D eigenvalue weighted by Crippen LogP contribution is -2.19. The lowest BCUT2D eigenvalue weighted by atomic mass is 10.4. The summed E-state index contributed by atoms with van der Waals surface area (Å²) >= 11 is 2.73. The lowest BCUT2D eigenvalue weighted by Gasteiger charge is -2.22. The molecule has 18 heavy (non-hydrogen) atoms. The number of rotatable bonds is 4. The number of hydrogen-bond acceptors (Lipinski definition) is 6. The minimum atomic E-state index is -2.62. The number of carboxylic acid groups (broad SMARTS) is 1. The maximum Gasteiger partial charge on any atom is 0.357 e. The van der Waals surface area contributed by atoms with Crippen LogP contribution >= 0.6 is 38.6 Å². The van der Waals surface area contributed by atoms with Crippen molar-refractivity contribution in [3.8, 4) is 0 Å². The minimum absolute atomic E-state index is 0.0604. The zero-order valence-electron chi connectivity index (χ0n) is 8.40. The molecule has 96 valence electrons. The quantitative estimate of drug-likeness (QED) is 0.838. The first-order valence-corrected chi connectivity index (χ1v) is 7.84. The van der Waals surface area contributed by atoms with Gasteiger partial charge in [-0.3, -0.25) is 4.21 Å². The Morgan fingerprint density at radius 2 is 2.28 bits per heavy atom. The molecule has 10 heteroatoms. The maximum absolute atomic E-state index is 11.3. The number of aromatic nitrogens is 1. The first-order chi connectivity index (χ1) is 8.50. The van der Waals surface area contributed by atoms with Crippen molar-refractivity contribution in [2.75, 3.05) is 4.31 Å². The van der Waals surface area contributed by atoms with Gasteiger partial charge >= 0.3 is 5.97 Å². The summed E-state index contributed by atoms with van der Waals surface area (Å²) in [7, 11) is 0. The molecule has 2 aromatic heterocycles. The molecule has 0 radical (unpaired) electrons. The number of thiazole rings is 1. The number of carboxylic acids is 1. The highest BCUT2D eigenvalue weighted by Crippen LogP contribution is 2.38. The molecule has 1 unspecified atom stereocenters. The fraction of sp³-hybridized carbons (Fsp3) is 0. The van der Waals surface area contributed by atoms with Crippen LogP contribution in [-0.4, -0.2) is 24.8 Å². The van der Waals surface area contributed by atoms with Crippen molar-refractivity contribution in [1.29, 1.82) is 0 Å².